The van der Waals surface area contributed by atoms with Crippen LogP contribution in [-0.2, 0) is 4.79 Å². The summed E-state index contributed by atoms with van der Waals surface area (Å²) in [6.07, 6.45) is 12.1. The molecule has 0 radical (unpaired) electrons. The molecule has 0 bridgehead atoms. The Kier molecular flexibility index (Phi) is 11.0. The zero-order valence-electron chi connectivity index (χ0n) is 31.0. The van der Waals surface area contributed by atoms with Crippen molar-refractivity contribution in [2.45, 2.75) is 76.0 Å². The number of imide groups is 1. The van der Waals surface area contributed by atoms with Gasteiger partial charge in [-0.15, -0.1) is 0 Å². The topological polar surface area (TPSA) is 162 Å². The van der Waals surface area contributed by atoms with Crippen molar-refractivity contribution in [3.8, 4) is 11.8 Å². The number of piperidine rings is 2. The number of nitriles is 1. The van der Waals surface area contributed by atoms with Gasteiger partial charge in [0, 0.05) is 63.2 Å². The molecule has 0 atom stereocenters. The van der Waals surface area contributed by atoms with E-state index in [2.05, 4.69) is 41.6 Å². The number of hydrogen-bond acceptors (Lipinski definition) is 10. The van der Waals surface area contributed by atoms with Gasteiger partial charge in [-0.25, -0.2) is 19.2 Å². The molecule has 16 heteroatoms. The quantitative estimate of drug-likeness (QED) is 0.218. The zero-order valence-corrected chi connectivity index (χ0v) is 31.8. The first-order chi connectivity index (χ1) is 27.2. The number of aromatic nitrogens is 4. The highest BCUT2D eigenvalue weighted by atomic mass is 35.5. The van der Waals surface area contributed by atoms with Crippen molar-refractivity contribution in [3.63, 3.8) is 0 Å². The summed E-state index contributed by atoms with van der Waals surface area (Å²) < 4.78 is 23.1. The molecule has 2 N–H and O–H groups in total. The van der Waals surface area contributed by atoms with Gasteiger partial charge in [-0.2, -0.15) is 10.4 Å². The number of amides is 4. The minimum atomic E-state index is -0.614. The molecule has 4 aliphatic rings. The minimum absolute atomic E-state index is 0.0227. The first-order valence-electron chi connectivity index (χ1n) is 19.5. The second-order valence-electron chi connectivity index (χ2n) is 15.2. The first-order valence-corrected chi connectivity index (χ1v) is 19.8. The highest BCUT2D eigenvalue weighted by Crippen LogP contribution is 2.35. The van der Waals surface area contributed by atoms with E-state index in [1.807, 2.05) is 4.68 Å². The van der Waals surface area contributed by atoms with Crippen LogP contribution in [0.4, 0.5) is 20.7 Å². The number of anilines is 2. The third-order valence-electron chi connectivity index (χ3n) is 11.6. The Morgan fingerprint density at radius 2 is 1.75 bits per heavy atom. The number of likely N-dealkylation sites (tertiary alicyclic amines) is 1. The van der Waals surface area contributed by atoms with E-state index in [0.717, 1.165) is 95.4 Å². The van der Waals surface area contributed by atoms with Crippen molar-refractivity contribution in [2.24, 2.45) is 5.92 Å². The van der Waals surface area contributed by atoms with Gasteiger partial charge < -0.3 is 19.9 Å². The highest BCUT2D eigenvalue weighted by Gasteiger charge is 2.31. The molecule has 0 unspecified atom stereocenters. The van der Waals surface area contributed by atoms with Gasteiger partial charge in [0.2, 0.25) is 5.91 Å². The summed E-state index contributed by atoms with van der Waals surface area (Å²) in [5.41, 5.74) is 1.67. The zero-order chi connectivity index (χ0) is 38.8. The van der Waals surface area contributed by atoms with Crippen molar-refractivity contribution in [3.05, 3.63) is 71.0 Å². The molecule has 292 valence electrons. The predicted molar refractivity (Wildman–Crippen MR) is 207 cm³/mol. The van der Waals surface area contributed by atoms with E-state index in [9.17, 15) is 14.4 Å². The number of nitrogens with one attached hydrogen (secondary N) is 2. The van der Waals surface area contributed by atoms with E-state index in [-0.39, 0.29) is 48.7 Å². The van der Waals surface area contributed by atoms with Crippen molar-refractivity contribution < 1.29 is 23.5 Å². The van der Waals surface area contributed by atoms with E-state index in [1.54, 1.807) is 42.9 Å². The monoisotopic (exact) mass is 782 g/mol. The largest absolute Gasteiger partial charge is 0.490 e. The number of urea groups is 1. The Morgan fingerprint density at radius 1 is 0.964 bits per heavy atom. The lowest BCUT2D eigenvalue weighted by molar-refractivity contribution is -0.120. The maximum absolute atomic E-state index is 15.0. The third-order valence-corrected chi connectivity index (χ3v) is 11.9. The molecule has 56 heavy (non-hydrogen) atoms. The summed E-state index contributed by atoms with van der Waals surface area (Å²) in [6, 6.07) is 9.83. The number of hydrogen-bond donors (Lipinski definition) is 2. The Balaban J connectivity index is 0.767. The van der Waals surface area contributed by atoms with Crippen molar-refractivity contribution >= 4 is 51.9 Å². The Labute approximate surface area is 328 Å². The van der Waals surface area contributed by atoms with Crippen LogP contribution >= 0.6 is 11.6 Å². The number of nitrogens with zero attached hydrogens (tertiary/aromatic N) is 8. The fourth-order valence-electron chi connectivity index (χ4n) is 8.52. The minimum Gasteiger partial charge on any atom is -0.490 e. The smallest absolute Gasteiger partial charge is 0.328 e. The number of halogens is 2. The second-order valence-corrected chi connectivity index (χ2v) is 15.6. The molecule has 0 spiro atoms. The molecular weight excluding hydrogens is 739 g/mol. The van der Waals surface area contributed by atoms with Crippen LogP contribution < -0.4 is 25.2 Å². The number of carbonyl (C=O) groups excluding carboxylic acids is 3. The van der Waals surface area contributed by atoms with Crippen LogP contribution in [0.25, 0.3) is 10.9 Å². The average molecular weight is 783 g/mol. The fraction of sp³-hybridized carbons (Fsp3) is 0.475. The Bertz CT molecular complexity index is 2130. The molecule has 1 saturated carbocycles. The maximum atomic E-state index is 15.0. The van der Waals surface area contributed by atoms with E-state index >= 15 is 4.39 Å². The summed E-state index contributed by atoms with van der Waals surface area (Å²) in [7, 11) is 0. The molecule has 14 nitrogen and oxygen atoms in total. The second kappa shape index (κ2) is 16.4. The van der Waals surface area contributed by atoms with Gasteiger partial charge in [0.1, 0.15) is 29.1 Å². The van der Waals surface area contributed by atoms with Crippen LogP contribution in [-0.4, -0.2) is 93.9 Å². The van der Waals surface area contributed by atoms with Crippen LogP contribution in [0, 0.1) is 23.1 Å². The van der Waals surface area contributed by atoms with Gasteiger partial charge >= 0.3 is 6.03 Å². The number of benzene rings is 2. The van der Waals surface area contributed by atoms with Crippen LogP contribution in [0.2, 0.25) is 5.02 Å². The van der Waals surface area contributed by atoms with Gasteiger partial charge in [-0.1, -0.05) is 11.6 Å². The van der Waals surface area contributed by atoms with Crippen molar-refractivity contribution in [1.82, 2.24) is 35.3 Å². The molecule has 3 saturated heterocycles. The van der Waals surface area contributed by atoms with E-state index in [4.69, 9.17) is 21.6 Å². The molecule has 4 aromatic rings. The number of rotatable bonds is 9. The summed E-state index contributed by atoms with van der Waals surface area (Å²) in [6.45, 7) is 4.79. The van der Waals surface area contributed by atoms with Crippen molar-refractivity contribution in [1.29, 1.82) is 5.26 Å². The van der Waals surface area contributed by atoms with Crippen LogP contribution in [0.15, 0.2) is 48.9 Å². The maximum Gasteiger partial charge on any atom is 0.328 e. The predicted octanol–water partition coefficient (Wildman–Crippen LogP) is 5.61. The van der Waals surface area contributed by atoms with Gasteiger partial charge in [-0.05, 0) is 81.5 Å². The Morgan fingerprint density at radius 3 is 2.45 bits per heavy atom. The molecule has 5 heterocycles. The van der Waals surface area contributed by atoms with Gasteiger partial charge in [0.15, 0.2) is 0 Å². The molecule has 2 aromatic carbocycles. The lowest BCUT2D eigenvalue weighted by Gasteiger charge is -2.38. The molecule has 8 rings (SSSR count). The van der Waals surface area contributed by atoms with Crippen LogP contribution in [0.3, 0.4) is 0 Å². The average Bonchev–Trinajstić information content (AvgIpc) is 3.64. The van der Waals surface area contributed by atoms with E-state index in [1.165, 1.54) is 11.0 Å². The standard InChI is InChI=1S/C40H44ClFN10O4/c41-32-19-30(4-1-26(32)20-43)56-29-5-2-27(3-6-29)47-39(54)34-22-45-36(23-44-34)50-16-9-25(10-17-50)24-49-14-11-28(12-15-49)52-35-8-7-33(42)38(31(35)21-46-52)51-18-13-37(53)48-40(51)55/h1,4,7-8,19,21-23,25,27-29H,2-3,5-6,9-18,24H2,(H,47,54)(H,48,53,55). The molecule has 3 aliphatic heterocycles. The number of carbonyl (C=O) groups is 3. The van der Waals surface area contributed by atoms with Gasteiger partial charge in [0.25, 0.3) is 5.91 Å². The third kappa shape index (κ3) is 8.13. The summed E-state index contributed by atoms with van der Waals surface area (Å²) in [4.78, 5) is 52.3. The van der Waals surface area contributed by atoms with Gasteiger partial charge in [-0.3, -0.25) is 24.5 Å². The lowest BCUT2D eigenvalue weighted by Crippen LogP contribution is -2.50. The molecule has 2 aromatic heterocycles. The highest BCUT2D eigenvalue weighted by molar-refractivity contribution is 6.31. The molecule has 4 fully saturated rings. The molecule has 1 aliphatic carbocycles. The summed E-state index contributed by atoms with van der Waals surface area (Å²) >= 11 is 6.14. The summed E-state index contributed by atoms with van der Waals surface area (Å²) in [5, 5.41) is 20.1. The number of ether oxygens (including phenoxy) is 1. The van der Waals surface area contributed by atoms with Crippen molar-refractivity contribution in [2.75, 3.05) is 49.1 Å². The fourth-order valence-corrected chi connectivity index (χ4v) is 8.73. The summed E-state index contributed by atoms with van der Waals surface area (Å²) in [5.74, 6) is 0.900. The van der Waals surface area contributed by atoms with E-state index < -0.39 is 11.8 Å². The lowest BCUT2D eigenvalue weighted by atomic mass is 9.93. The van der Waals surface area contributed by atoms with Gasteiger partial charge in [0.05, 0.1) is 52.5 Å². The van der Waals surface area contributed by atoms with Crippen LogP contribution in [0.1, 0.15) is 79.9 Å². The normalized spacial score (nSPS) is 21.5. The molecular formula is C40H44ClFN10O4. The van der Waals surface area contributed by atoms with E-state index in [0.29, 0.717) is 33.3 Å². The van der Waals surface area contributed by atoms with Crippen LogP contribution in [0.5, 0.6) is 5.75 Å². The first kappa shape index (κ1) is 37.6. The number of fused-ring (bicyclic) bond motifs is 1. The molecule has 4 amide bonds. The Hall–Kier alpha value is -5.33. The SMILES string of the molecule is N#Cc1ccc(OC2CCC(NC(=O)c3cnc(N4CCC(CN5CCC(n6ncc7c(N8CCC(=O)NC8=O)c(F)ccc76)CC5)CC4)cn3)CC2)cc1Cl.